The van der Waals surface area contributed by atoms with Gasteiger partial charge < -0.3 is 4.42 Å². The molecule has 0 aliphatic heterocycles. The molecule has 25 heavy (non-hydrogen) atoms. The lowest BCUT2D eigenvalue weighted by atomic mass is 10.2. The van der Waals surface area contributed by atoms with Crippen LogP contribution in [0.1, 0.15) is 5.56 Å². The van der Waals surface area contributed by atoms with Crippen LogP contribution < -0.4 is 4.72 Å². The normalized spacial score (nSPS) is 11.2. The smallest absolute Gasteiger partial charge is 0.330 e. The van der Waals surface area contributed by atoms with Crippen LogP contribution in [0.15, 0.2) is 57.8 Å². The highest BCUT2D eigenvalue weighted by Crippen LogP contribution is 2.23. The van der Waals surface area contributed by atoms with Gasteiger partial charge in [0.25, 0.3) is 15.7 Å². The Morgan fingerprint density at radius 1 is 1.04 bits per heavy atom. The summed E-state index contributed by atoms with van der Waals surface area (Å²) in [5.74, 6) is 0.0384. The number of non-ortho nitro benzene ring substituents is 1. The van der Waals surface area contributed by atoms with E-state index in [0.717, 1.165) is 5.56 Å². The highest BCUT2D eigenvalue weighted by Gasteiger charge is 2.18. The van der Waals surface area contributed by atoms with E-state index in [1.54, 1.807) is 12.1 Å². The van der Waals surface area contributed by atoms with E-state index in [1.165, 1.54) is 36.4 Å². The molecule has 10 heteroatoms. The molecule has 1 aromatic heterocycles. The zero-order valence-electron chi connectivity index (χ0n) is 12.9. The van der Waals surface area contributed by atoms with Gasteiger partial charge in [-0.05, 0) is 31.2 Å². The maximum absolute atomic E-state index is 12.3. The molecule has 0 saturated heterocycles. The lowest BCUT2D eigenvalue weighted by molar-refractivity contribution is -0.384. The van der Waals surface area contributed by atoms with Crippen molar-refractivity contribution in [2.45, 2.75) is 11.8 Å². The van der Waals surface area contributed by atoms with E-state index in [4.69, 9.17) is 4.42 Å². The van der Waals surface area contributed by atoms with Gasteiger partial charge in [0, 0.05) is 17.7 Å². The van der Waals surface area contributed by atoms with Crippen molar-refractivity contribution in [3.8, 4) is 11.5 Å². The van der Waals surface area contributed by atoms with Crippen molar-refractivity contribution in [3.63, 3.8) is 0 Å². The number of nitro groups is 1. The molecule has 0 spiro atoms. The maximum Gasteiger partial charge on any atom is 0.330 e. The van der Waals surface area contributed by atoms with E-state index in [9.17, 15) is 18.5 Å². The number of hydrogen-bond acceptors (Lipinski definition) is 7. The van der Waals surface area contributed by atoms with Crippen LogP contribution in [0.3, 0.4) is 0 Å². The average molecular weight is 360 g/mol. The summed E-state index contributed by atoms with van der Waals surface area (Å²) in [5, 5.41) is 18.0. The molecule has 3 aromatic rings. The summed E-state index contributed by atoms with van der Waals surface area (Å²) >= 11 is 0. The molecule has 0 fully saturated rings. The average Bonchev–Trinajstić information content (AvgIpc) is 3.03. The van der Waals surface area contributed by atoms with E-state index in [0.29, 0.717) is 5.56 Å². The number of nitrogens with zero attached hydrogens (tertiary/aromatic N) is 3. The molecular formula is C15H12N4O5S. The molecule has 0 aliphatic carbocycles. The second-order valence-electron chi connectivity index (χ2n) is 5.13. The Morgan fingerprint density at radius 2 is 1.68 bits per heavy atom. The van der Waals surface area contributed by atoms with Crippen molar-refractivity contribution in [1.82, 2.24) is 10.2 Å². The van der Waals surface area contributed by atoms with E-state index >= 15 is 0 Å². The molecule has 0 unspecified atom stereocenters. The second kappa shape index (κ2) is 6.32. The van der Waals surface area contributed by atoms with E-state index in [-0.39, 0.29) is 22.5 Å². The van der Waals surface area contributed by atoms with Gasteiger partial charge in [0.15, 0.2) is 0 Å². The van der Waals surface area contributed by atoms with Gasteiger partial charge in [0.05, 0.1) is 9.82 Å². The van der Waals surface area contributed by atoms with Crippen LogP contribution in [-0.2, 0) is 10.0 Å². The number of nitro benzene ring substituents is 1. The zero-order chi connectivity index (χ0) is 18.0. The minimum absolute atomic E-state index is 0.0384. The molecule has 0 radical (unpaired) electrons. The highest BCUT2D eigenvalue weighted by molar-refractivity contribution is 7.92. The van der Waals surface area contributed by atoms with Crippen LogP contribution in [0.5, 0.6) is 0 Å². The molecule has 3 rings (SSSR count). The SMILES string of the molecule is Cc1ccc(S(=O)(=O)Nc2nnc(-c3ccc([N+](=O)[O-])cc3)o2)cc1. The monoisotopic (exact) mass is 360 g/mol. The summed E-state index contributed by atoms with van der Waals surface area (Å²) in [6.45, 7) is 1.85. The maximum atomic E-state index is 12.3. The Labute approximate surface area is 142 Å². The van der Waals surface area contributed by atoms with Crippen LogP contribution in [0.4, 0.5) is 11.7 Å². The predicted octanol–water partition coefficient (Wildman–Crippen LogP) is 2.75. The van der Waals surface area contributed by atoms with Crippen molar-refractivity contribution < 1.29 is 17.8 Å². The number of aromatic nitrogens is 2. The minimum atomic E-state index is -3.85. The van der Waals surface area contributed by atoms with Crippen LogP contribution in [0, 0.1) is 17.0 Å². The zero-order valence-corrected chi connectivity index (χ0v) is 13.7. The Hall–Kier alpha value is -3.27. The Balaban J connectivity index is 1.81. The molecule has 128 valence electrons. The molecule has 0 saturated carbocycles. The van der Waals surface area contributed by atoms with Crippen LogP contribution in [0.2, 0.25) is 0 Å². The summed E-state index contributed by atoms with van der Waals surface area (Å²) in [6, 6.07) is 11.4. The predicted molar refractivity (Wildman–Crippen MR) is 88.4 cm³/mol. The number of anilines is 1. The first-order chi connectivity index (χ1) is 11.8. The van der Waals surface area contributed by atoms with Gasteiger partial charge >= 0.3 is 6.01 Å². The van der Waals surface area contributed by atoms with Gasteiger partial charge in [-0.1, -0.05) is 22.8 Å². The molecular weight excluding hydrogens is 348 g/mol. The van der Waals surface area contributed by atoms with Gasteiger partial charge in [-0.2, -0.15) is 0 Å². The third-order valence-electron chi connectivity index (χ3n) is 3.30. The number of aryl methyl sites for hydroxylation is 1. The fraction of sp³-hybridized carbons (Fsp3) is 0.0667. The Kier molecular flexibility index (Phi) is 4.19. The lowest BCUT2D eigenvalue weighted by Crippen LogP contribution is -2.13. The molecule has 1 N–H and O–H groups in total. The molecule has 0 atom stereocenters. The van der Waals surface area contributed by atoms with Crippen LogP contribution >= 0.6 is 0 Å². The van der Waals surface area contributed by atoms with E-state index < -0.39 is 14.9 Å². The molecule has 1 heterocycles. The van der Waals surface area contributed by atoms with Crippen molar-refractivity contribution in [2.75, 3.05) is 4.72 Å². The summed E-state index contributed by atoms with van der Waals surface area (Å²) in [4.78, 5) is 10.2. The minimum Gasteiger partial charge on any atom is -0.403 e. The highest BCUT2D eigenvalue weighted by atomic mass is 32.2. The number of hydrogen-bond donors (Lipinski definition) is 1. The van der Waals surface area contributed by atoms with Gasteiger partial charge in [-0.3, -0.25) is 10.1 Å². The lowest BCUT2D eigenvalue weighted by Gasteiger charge is -2.04. The standard InChI is InChI=1S/C15H12N4O5S/c1-10-2-8-13(9-3-10)25(22,23)18-15-17-16-14(24-15)11-4-6-12(7-5-11)19(20)21/h2-9H,1H3,(H,17,18). The number of benzene rings is 2. The number of nitrogens with one attached hydrogen (secondary N) is 1. The first-order valence-electron chi connectivity index (χ1n) is 7.03. The summed E-state index contributed by atoms with van der Waals surface area (Å²) in [7, 11) is -3.85. The summed E-state index contributed by atoms with van der Waals surface area (Å²) < 4.78 is 32.0. The third kappa shape index (κ3) is 3.63. The van der Waals surface area contributed by atoms with Gasteiger partial charge in [-0.25, -0.2) is 13.1 Å². The number of rotatable bonds is 5. The summed E-state index contributed by atoms with van der Waals surface area (Å²) in [6.07, 6.45) is 0. The molecule has 2 aromatic carbocycles. The van der Waals surface area contributed by atoms with Crippen LogP contribution in [-0.4, -0.2) is 23.5 Å². The van der Waals surface area contributed by atoms with Crippen LogP contribution in [0.25, 0.3) is 11.5 Å². The van der Waals surface area contributed by atoms with Crippen molar-refractivity contribution in [3.05, 3.63) is 64.2 Å². The quantitative estimate of drug-likeness (QED) is 0.547. The first-order valence-corrected chi connectivity index (χ1v) is 8.51. The largest absolute Gasteiger partial charge is 0.403 e. The second-order valence-corrected chi connectivity index (χ2v) is 6.82. The first kappa shape index (κ1) is 16.6. The van der Waals surface area contributed by atoms with Crippen molar-refractivity contribution in [1.29, 1.82) is 0 Å². The molecule has 0 bridgehead atoms. The summed E-state index contributed by atoms with van der Waals surface area (Å²) in [5.41, 5.74) is 1.28. The fourth-order valence-corrected chi connectivity index (χ4v) is 2.92. The van der Waals surface area contributed by atoms with Gasteiger partial charge in [0.2, 0.25) is 5.89 Å². The topological polar surface area (TPSA) is 128 Å². The van der Waals surface area contributed by atoms with Gasteiger partial charge in [-0.15, -0.1) is 5.10 Å². The Bertz CT molecular complexity index is 1010. The van der Waals surface area contributed by atoms with Crippen molar-refractivity contribution >= 4 is 21.7 Å². The van der Waals surface area contributed by atoms with E-state index in [1.807, 2.05) is 6.92 Å². The molecule has 9 nitrogen and oxygen atoms in total. The van der Waals surface area contributed by atoms with Gasteiger partial charge in [0.1, 0.15) is 0 Å². The van der Waals surface area contributed by atoms with E-state index in [2.05, 4.69) is 14.9 Å². The molecule has 0 amide bonds. The third-order valence-corrected chi connectivity index (χ3v) is 4.64. The number of sulfonamides is 1. The van der Waals surface area contributed by atoms with Crippen molar-refractivity contribution in [2.24, 2.45) is 0 Å². The Morgan fingerprint density at radius 3 is 2.28 bits per heavy atom. The fourth-order valence-electron chi connectivity index (χ4n) is 2.00. The molecule has 0 aliphatic rings.